The SMILES string of the molecule is O=C(Nc1ccccn1)c1cccc(NSc2ccc(Br)cc2)c1. The number of anilines is 2. The van der Waals surface area contributed by atoms with Crippen LogP contribution in [-0.2, 0) is 0 Å². The van der Waals surface area contributed by atoms with Crippen LogP contribution in [0.2, 0.25) is 0 Å². The number of hydrogen-bond acceptors (Lipinski definition) is 4. The lowest BCUT2D eigenvalue weighted by molar-refractivity contribution is 0.102. The average Bonchev–Trinajstić information content (AvgIpc) is 2.62. The molecule has 0 unspecified atom stereocenters. The molecule has 1 heterocycles. The van der Waals surface area contributed by atoms with Gasteiger partial charge in [-0.3, -0.25) is 4.79 Å². The molecule has 4 nitrogen and oxygen atoms in total. The number of rotatable bonds is 5. The highest BCUT2D eigenvalue weighted by molar-refractivity contribution is 9.10. The number of carbonyl (C=O) groups excluding carboxylic acids is 1. The van der Waals surface area contributed by atoms with Gasteiger partial charge in [0, 0.05) is 26.8 Å². The average molecular weight is 400 g/mol. The highest BCUT2D eigenvalue weighted by Gasteiger charge is 2.07. The molecule has 2 aromatic carbocycles. The summed E-state index contributed by atoms with van der Waals surface area (Å²) in [4.78, 5) is 17.5. The Kier molecular flexibility index (Phi) is 5.51. The van der Waals surface area contributed by atoms with Crippen molar-refractivity contribution in [2.45, 2.75) is 4.90 Å². The lowest BCUT2D eigenvalue weighted by atomic mass is 10.2. The fourth-order valence-electron chi connectivity index (χ4n) is 1.97. The van der Waals surface area contributed by atoms with Gasteiger partial charge in [-0.2, -0.15) is 0 Å². The first-order chi connectivity index (χ1) is 11.7. The Bertz CT molecular complexity index is 825. The molecule has 120 valence electrons. The molecule has 3 rings (SSSR count). The van der Waals surface area contributed by atoms with Gasteiger partial charge in [-0.05, 0) is 66.5 Å². The largest absolute Gasteiger partial charge is 0.326 e. The normalized spacial score (nSPS) is 10.2. The second-order valence-corrected chi connectivity index (χ2v) is 6.70. The van der Waals surface area contributed by atoms with E-state index in [9.17, 15) is 4.79 Å². The minimum Gasteiger partial charge on any atom is -0.326 e. The molecule has 2 N–H and O–H groups in total. The molecule has 0 saturated heterocycles. The third-order valence-electron chi connectivity index (χ3n) is 3.13. The lowest BCUT2D eigenvalue weighted by Crippen LogP contribution is -2.12. The number of halogens is 1. The monoisotopic (exact) mass is 399 g/mol. The highest BCUT2D eigenvalue weighted by Crippen LogP contribution is 2.23. The lowest BCUT2D eigenvalue weighted by Gasteiger charge is -2.08. The smallest absolute Gasteiger partial charge is 0.256 e. The van der Waals surface area contributed by atoms with Crippen molar-refractivity contribution in [2.24, 2.45) is 0 Å². The van der Waals surface area contributed by atoms with Crippen molar-refractivity contribution >= 4 is 45.3 Å². The molecule has 0 aliphatic heterocycles. The zero-order chi connectivity index (χ0) is 16.8. The van der Waals surface area contributed by atoms with E-state index in [1.54, 1.807) is 24.4 Å². The van der Waals surface area contributed by atoms with E-state index < -0.39 is 0 Å². The van der Waals surface area contributed by atoms with Crippen LogP contribution in [0.4, 0.5) is 11.5 Å². The zero-order valence-electron chi connectivity index (χ0n) is 12.6. The Labute approximate surface area is 153 Å². The van der Waals surface area contributed by atoms with Gasteiger partial charge in [-0.25, -0.2) is 4.98 Å². The van der Waals surface area contributed by atoms with Crippen LogP contribution in [0.5, 0.6) is 0 Å². The fraction of sp³-hybridized carbons (Fsp3) is 0. The van der Waals surface area contributed by atoms with Gasteiger partial charge in [0.15, 0.2) is 0 Å². The number of hydrogen-bond donors (Lipinski definition) is 2. The number of benzene rings is 2. The number of amides is 1. The van der Waals surface area contributed by atoms with E-state index in [1.165, 1.54) is 11.9 Å². The Balaban J connectivity index is 1.65. The van der Waals surface area contributed by atoms with Gasteiger partial charge in [0.05, 0.1) is 0 Å². The van der Waals surface area contributed by atoms with Crippen molar-refractivity contribution < 1.29 is 4.79 Å². The van der Waals surface area contributed by atoms with Crippen molar-refractivity contribution in [1.29, 1.82) is 0 Å². The van der Waals surface area contributed by atoms with E-state index in [4.69, 9.17) is 0 Å². The van der Waals surface area contributed by atoms with Gasteiger partial charge in [0.1, 0.15) is 5.82 Å². The molecule has 0 bridgehead atoms. The fourth-order valence-corrected chi connectivity index (χ4v) is 2.87. The van der Waals surface area contributed by atoms with Crippen LogP contribution >= 0.6 is 27.9 Å². The van der Waals surface area contributed by atoms with Crippen LogP contribution < -0.4 is 10.0 Å². The summed E-state index contributed by atoms with van der Waals surface area (Å²) in [7, 11) is 0. The zero-order valence-corrected chi connectivity index (χ0v) is 15.0. The topological polar surface area (TPSA) is 54.0 Å². The second-order valence-electron chi connectivity index (χ2n) is 4.91. The molecule has 0 saturated carbocycles. The molecular formula is C18H14BrN3OS. The molecule has 1 amide bonds. The van der Waals surface area contributed by atoms with Gasteiger partial charge in [-0.1, -0.05) is 28.1 Å². The first-order valence-electron chi connectivity index (χ1n) is 7.21. The predicted octanol–water partition coefficient (Wildman–Crippen LogP) is 5.22. The molecule has 0 radical (unpaired) electrons. The number of nitrogens with zero attached hydrogens (tertiary/aromatic N) is 1. The summed E-state index contributed by atoms with van der Waals surface area (Å²) in [5.74, 6) is 0.344. The van der Waals surface area contributed by atoms with Crippen LogP contribution in [0.25, 0.3) is 0 Å². The van der Waals surface area contributed by atoms with Crippen LogP contribution in [0.1, 0.15) is 10.4 Å². The highest BCUT2D eigenvalue weighted by atomic mass is 79.9. The van der Waals surface area contributed by atoms with Crippen LogP contribution in [0, 0.1) is 0 Å². The summed E-state index contributed by atoms with van der Waals surface area (Å²) >= 11 is 4.91. The van der Waals surface area contributed by atoms with Gasteiger partial charge in [0.25, 0.3) is 5.91 Å². The van der Waals surface area contributed by atoms with Crippen molar-refractivity contribution in [2.75, 3.05) is 10.0 Å². The molecule has 1 aromatic heterocycles. The van der Waals surface area contributed by atoms with Crippen LogP contribution in [0.15, 0.2) is 82.3 Å². The van der Waals surface area contributed by atoms with E-state index in [0.717, 1.165) is 15.1 Å². The summed E-state index contributed by atoms with van der Waals surface area (Å²) in [5, 5.41) is 2.78. The summed E-state index contributed by atoms with van der Waals surface area (Å²) in [6, 6.07) is 20.7. The number of carbonyl (C=O) groups is 1. The number of nitrogens with one attached hydrogen (secondary N) is 2. The van der Waals surface area contributed by atoms with E-state index in [0.29, 0.717) is 11.4 Å². The molecule has 0 aliphatic rings. The first kappa shape index (κ1) is 16.5. The quantitative estimate of drug-likeness (QED) is 0.577. The Morgan fingerprint density at radius 1 is 1.00 bits per heavy atom. The third kappa shape index (κ3) is 4.59. The molecule has 0 aliphatic carbocycles. The van der Waals surface area contributed by atoms with Crippen molar-refractivity contribution in [1.82, 2.24) is 4.98 Å². The molecule has 3 aromatic rings. The van der Waals surface area contributed by atoms with E-state index in [1.807, 2.05) is 48.5 Å². The molecule has 0 fully saturated rings. The number of pyridine rings is 1. The summed E-state index contributed by atoms with van der Waals surface area (Å²) in [6.45, 7) is 0. The summed E-state index contributed by atoms with van der Waals surface area (Å²) < 4.78 is 4.29. The van der Waals surface area contributed by atoms with Crippen molar-refractivity contribution in [3.8, 4) is 0 Å². The van der Waals surface area contributed by atoms with Gasteiger partial charge >= 0.3 is 0 Å². The standard InChI is InChI=1S/C18H14BrN3OS/c19-14-7-9-16(10-8-14)24-22-15-5-3-4-13(12-15)18(23)21-17-6-1-2-11-20-17/h1-12,22H,(H,20,21,23). The molecule has 0 spiro atoms. The maximum absolute atomic E-state index is 12.3. The van der Waals surface area contributed by atoms with Crippen molar-refractivity contribution in [3.63, 3.8) is 0 Å². The van der Waals surface area contributed by atoms with E-state index >= 15 is 0 Å². The van der Waals surface area contributed by atoms with Gasteiger partial charge in [0.2, 0.25) is 0 Å². The van der Waals surface area contributed by atoms with E-state index in [2.05, 4.69) is 31.0 Å². The summed E-state index contributed by atoms with van der Waals surface area (Å²) in [5.41, 5.74) is 1.43. The van der Waals surface area contributed by atoms with Crippen LogP contribution in [-0.4, -0.2) is 10.9 Å². The number of aromatic nitrogens is 1. The molecule has 24 heavy (non-hydrogen) atoms. The van der Waals surface area contributed by atoms with E-state index in [-0.39, 0.29) is 5.91 Å². The Morgan fingerprint density at radius 3 is 2.58 bits per heavy atom. The molecular weight excluding hydrogens is 386 g/mol. The third-order valence-corrected chi connectivity index (χ3v) is 4.51. The van der Waals surface area contributed by atoms with Crippen LogP contribution in [0.3, 0.4) is 0 Å². The maximum atomic E-state index is 12.3. The Hall–Kier alpha value is -2.31. The van der Waals surface area contributed by atoms with Crippen molar-refractivity contribution in [3.05, 3.63) is 83.0 Å². The molecule has 0 atom stereocenters. The second kappa shape index (κ2) is 7.99. The van der Waals surface area contributed by atoms with Gasteiger partial charge < -0.3 is 10.0 Å². The first-order valence-corrected chi connectivity index (χ1v) is 8.82. The minimum absolute atomic E-state index is 0.189. The maximum Gasteiger partial charge on any atom is 0.256 e. The summed E-state index contributed by atoms with van der Waals surface area (Å²) in [6.07, 6.45) is 1.64. The minimum atomic E-state index is -0.189. The molecule has 6 heteroatoms. The van der Waals surface area contributed by atoms with Gasteiger partial charge in [-0.15, -0.1) is 0 Å². The predicted molar refractivity (Wildman–Crippen MR) is 102 cm³/mol. The Morgan fingerprint density at radius 2 is 1.83 bits per heavy atom.